The van der Waals surface area contributed by atoms with Gasteiger partial charge in [-0.3, -0.25) is 0 Å². The molecular weight excluding hydrogens is 172 g/mol. The van der Waals surface area contributed by atoms with Gasteiger partial charge in [0.25, 0.3) is 0 Å². The Morgan fingerprint density at radius 2 is 2.09 bits per heavy atom. The maximum absolute atomic E-state index is 3.27. The van der Waals surface area contributed by atoms with Gasteiger partial charge in [0.1, 0.15) is 0 Å². The zero-order valence-electron chi connectivity index (χ0n) is 6.12. The van der Waals surface area contributed by atoms with Crippen molar-refractivity contribution < 1.29 is 0 Å². The quantitative estimate of drug-likeness (QED) is 0.653. The van der Waals surface area contributed by atoms with Gasteiger partial charge in [-0.05, 0) is 11.6 Å². The van der Waals surface area contributed by atoms with Gasteiger partial charge in [0.2, 0.25) is 0 Å². The van der Waals surface area contributed by atoms with Gasteiger partial charge in [0.15, 0.2) is 0 Å². The van der Waals surface area contributed by atoms with E-state index in [1.165, 1.54) is 17.1 Å². The molecule has 1 saturated heterocycles. The van der Waals surface area contributed by atoms with Crippen LogP contribution in [0.15, 0.2) is 24.3 Å². The lowest BCUT2D eigenvalue weighted by Gasteiger charge is -2.05. The van der Waals surface area contributed by atoms with Crippen molar-refractivity contribution in [3.05, 3.63) is 35.9 Å². The third kappa shape index (κ3) is 1.74. The van der Waals surface area contributed by atoms with Crippen LogP contribution in [0.2, 0.25) is 0 Å². The molecule has 0 aromatic heterocycles. The van der Waals surface area contributed by atoms with Crippen molar-refractivity contribution >= 4 is 23.5 Å². The Hall–Kier alpha value is -0.0800. The minimum atomic E-state index is 0.649. The molecule has 0 saturated carbocycles. The summed E-state index contributed by atoms with van der Waals surface area (Å²) in [5.74, 6) is 2.58. The summed E-state index contributed by atoms with van der Waals surface area (Å²) in [7, 11) is 0. The molecule has 0 atom stereocenters. The van der Waals surface area contributed by atoms with Crippen molar-refractivity contribution in [1.29, 1.82) is 0 Å². The van der Waals surface area contributed by atoms with Crippen LogP contribution in [-0.2, 0) is 0 Å². The Morgan fingerprint density at radius 1 is 1.27 bits per heavy atom. The first-order valence-electron chi connectivity index (χ1n) is 3.66. The van der Waals surface area contributed by atoms with Crippen LogP contribution in [0.3, 0.4) is 0 Å². The van der Waals surface area contributed by atoms with Gasteiger partial charge < -0.3 is 0 Å². The lowest BCUT2D eigenvalue weighted by atomic mass is 10.2. The van der Waals surface area contributed by atoms with Crippen molar-refractivity contribution in [1.82, 2.24) is 0 Å². The molecule has 0 aliphatic carbocycles. The molecule has 1 heterocycles. The first kappa shape index (κ1) is 7.56. The molecule has 0 bridgehead atoms. The molecule has 1 aliphatic rings. The predicted molar refractivity (Wildman–Crippen MR) is 52.9 cm³/mol. The summed E-state index contributed by atoms with van der Waals surface area (Å²) in [6.45, 7) is 0. The number of hydrogen-bond donors (Lipinski definition) is 0. The zero-order chi connectivity index (χ0) is 7.52. The number of benzene rings is 1. The molecule has 0 N–H and O–H groups in total. The van der Waals surface area contributed by atoms with Gasteiger partial charge in [0, 0.05) is 11.5 Å². The third-order valence-electron chi connectivity index (χ3n) is 1.61. The van der Waals surface area contributed by atoms with Crippen LogP contribution in [-0.4, -0.2) is 11.5 Å². The fourth-order valence-corrected chi connectivity index (χ4v) is 3.90. The van der Waals surface area contributed by atoms with Crippen LogP contribution in [0.5, 0.6) is 0 Å². The average molecular weight is 181 g/mol. The highest BCUT2D eigenvalue weighted by Gasteiger charge is 2.17. The lowest BCUT2D eigenvalue weighted by Crippen LogP contribution is -1.82. The van der Waals surface area contributed by atoms with Gasteiger partial charge in [-0.1, -0.05) is 24.3 Å². The number of thioether (sulfide) groups is 2. The van der Waals surface area contributed by atoms with Gasteiger partial charge in [-0.25, -0.2) is 0 Å². The van der Waals surface area contributed by atoms with Crippen molar-refractivity contribution in [2.75, 3.05) is 11.5 Å². The molecule has 1 aliphatic heterocycles. The van der Waals surface area contributed by atoms with Crippen LogP contribution in [0.1, 0.15) is 10.1 Å². The maximum atomic E-state index is 3.27. The zero-order valence-corrected chi connectivity index (χ0v) is 7.75. The summed E-state index contributed by atoms with van der Waals surface area (Å²) in [5, 5.41) is 0. The van der Waals surface area contributed by atoms with E-state index in [0.717, 1.165) is 0 Å². The lowest BCUT2D eigenvalue weighted by molar-refractivity contribution is 1.38. The topological polar surface area (TPSA) is 0 Å². The van der Waals surface area contributed by atoms with Gasteiger partial charge in [-0.15, -0.1) is 23.5 Å². The molecule has 0 unspecified atom stereocenters. The SMILES string of the molecule is [c]1ccccc1C1SCCS1. The molecule has 0 amide bonds. The highest BCUT2D eigenvalue weighted by Crippen LogP contribution is 2.44. The number of hydrogen-bond acceptors (Lipinski definition) is 2. The van der Waals surface area contributed by atoms with E-state index >= 15 is 0 Å². The Kier molecular flexibility index (Phi) is 2.44. The van der Waals surface area contributed by atoms with Gasteiger partial charge >= 0.3 is 0 Å². The molecule has 1 radical (unpaired) electrons. The maximum Gasteiger partial charge on any atom is 0.0757 e. The van der Waals surface area contributed by atoms with Crippen molar-refractivity contribution in [3.63, 3.8) is 0 Å². The van der Waals surface area contributed by atoms with Crippen LogP contribution in [0, 0.1) is 6.07 Å². The minimum Gasteiger partial charge on any atom is -0.142 e. The molecule has 2 heteroatoms. The fourth-order valence-electron chi connectivity index (χ4n) is 1.09. The van der Waals surface area contributed by atoms with E-state index in [0.29, 0.717) is 4.58 Å². The van der Waals surface area contributed by atoms with E-state index in [1.54, 1.807) is 0 Å². The fraction of sp³-hybridized carbons (Fsp3) is 0.333. The van der Waals surface area contributed by atoms with Gasteiger partial charge in [-0.2, -0.15) is 0 Å². The summed E-state index contributed by atoms with van der Waals surface area (Å²) < 4.78 is 0.649. The monoisotopic (exact) mass is 181 g/mol. The smallest absolute Gasteiger partial charge is 0.0757 e. The largest absolute Gasteiger partial charge is 0.142 e. The van der Waals surface area contributed by atoms with E-state index in [1.807, 2.05) is 35.7 Å². The van der Waals surface area contributed by atoms with Crippen LogP contribution >= 0.6 is 23.5 Å². The standard InChI is InChI=1S/C9H9S2/c1-2-4-8(5-3-1)9-10-6-7-11-9/h1-4,9H,6-7H2. The predicted octanol–water partition coefficient (Wildman–Crippen LogP) is 2.97. The molecule has 1 aromatic carbocycles. The van der Waals surface area contributed by atoms with E-state index < -0.39 is 0 Å². The van der Waals surface area contributed by atoms with E-state index in [9.17, 15) is 0 Å². The van der Waals surface area contributed by atoms with E-state index in [4.69, 9.17) is 0 Å². The second-order valence-electron chi connectivity index (χ2n) is 2.39. The van der Waals surface area contributed by atoms with Crippen LogP contribution in [0.4, 0.5) is 0 Å². The van der Waals surface area contributed by atoms with Gasteiger partial charge in [0.05, 0.1) is 4.58 Å². The molecule has 11 heavy (non-hydrogen) atoms. The Balaban J connectivity index is 2.16. The molecule has 0 spiro atoms. The van der Waals surface area contributed by atoms with Crippen molar-refractivity contribution in [3.8, 4) is 0 Å². The first-order chi connectivity index (χ1) is 5.47. The molecule has 57 valence electrons. The summed E-state index contributed by atoms with van der Waals surface area (Å²) in [5.41, 5.74) is 1.35. The average Bonchev–Trinajstić information content (AvgIpc) is 2.58. The molecule has 1 aromatic rings. The summed E-state index contributed by atoms with van der Waals surface area (Å²) in [6.07, 6.45) is 0. The number of rotatable bonds is 1. The normalized spacial score (nSPS) is 18.9. The third-order valence-corrected chi connectivity index (χ3v) is 4.68. The second kappa shape index (κ2) is 3.55. The molecule has 0 nitrogen and oxygen atoms in total. The van der Waals surface area contributed by atoms with Crippen molar-refractivity contribution in [2.24, 2.45) is 0 Å². The second-order valence-corrected chi connectivity index (χ2v) is 5.12. The summed E-state index contributed by atoms with van der Waals surface area (Å²) in [6, 6.07) is 11.5. The Morgan fingerprint density at radius 3 is 2.73 bits per heavy atom. The Bertz CT molecular complexity index is 214. The van der Waals surface area contributed by atoms with Crippen molar-refractivity contribution in [2.45, 2.75) is 4.58 Å². The Labute approximate surface area is 75.8 Å². The highest BCUT2D eigenvalue weighted by molar-refractivity contribution is 8.19. The highest BCUT2D eigenvalue weighted by atomic mass is 32.2. The minimum absolute atomic E-state index is 0.649. The van der Waals surface area contributed by atoms with Crippen LogP contribution in [0.25, 0.3) is 0 Å². The van der Waals surface area contributed by atoms with E-state index in [2.05, 4.69) is 18.2 Å². The van der Waals surface area contributed by atoms with Crippen LogP contribution < -0.4 is 0 Å². The summed E-state index contributed by atoms with van der Waals surface area (Å²) in [4.78, 5) is 0. The molecule has 1 fully saturated rings. The molecule has 2 rings (SSSR count). The molecular formula is C9H9S2. The summed E-state index contributed by atoms with van der Waals surface area (Å²) >= 11 is 4.05. The first-order valence-corrected chi connectivity index (χ1v) is 5.76. The van der Waals surface area contributed by atoms with E-state index in [-0.39, 0.29) is 0 Å².